The minimum absolute atomic E-state index is 0.320. The third-order valence-electron chi connectivity index (χ3n) is 5.04. The second-order valence-electron chi connectivity index (χ2n) is 6.34. The first-order valence-electron chi connectivity index (χ1n) is 7.61. The van der Waals surface area contributed by atoms with Crippen LogP contribution < -0.4 is 0 Å². The molecule has 0 bridgehead atoms. The molecule has 1 saturated heterocycles. The average Bonchev–Trinajstić information content (AvgIpc) is 3.22. The fourth-order valence-electron chi connectivity index (χ4n) is 3.99. The standard InChI is InChI=1S/C16H18N2O2S2/c19-15(20)16-5-1-3-11(16)7-18(10-16)8-12-9-22-14(17-12)13-4-2-6-21-13/h2,4,6,9,11H,1,3,5,7-8,10H2,(H,19,20)/t11-,16+/m0/s1. The molecule has 2 aromatic heterocycles. The molecule has 2 atom stereocenters. The molecule has 0 amide bonds. The summed E-state index contributed by atoms with van der Waals surface area (Å²) in [7, 11) is 0. The monoisotopic (exact) mass is 334 g/mol. The van der Waals surface area contributed by atoms with E-state index in [4.69, 9.17) is 4.98 Å². The van der Waals surface area contributed by atoms with Crippen LogP contribution >= 0.6 is 22.7 Å². The predicted octanol–water partition coefficient (Wildman–Crippen LogP) is 3.56. The normalized spacial score (nSPS) is 28.1. The molecule has 2 aliphatic rings. The van der Waals surface area contributed by atoms with Crippen molar-refractivity contribution in [1.29, 1.82) is 0 Å². The molecule has 116 valence electrons. The SMILES string of the molecule is O=C(O)[C@@]12CCC[C@H]1CN(Cc1csc(-c3cccs3)n1)C2. The Labute approximate surface area is 137 Å². The van der Waals surface area contributed by atoms with E-state index in [9.17, 15) is 9.90 Å². The summed E-state index contributed by atoms with van der Waals surface area (Å²) >= 11 is 3.38. The number of carboxylic acids is 1. The Morgan fingerprint density at radius 3 is 3.14 bits per heavy atom. The molecule has 6 heteroatoms. The van der Waals surface area contributed by atoms with Crippen molar-refractivity contribution >= 4 is 28.6 Å². The number of aromatic nitrogens is 1. The second-order valence-corrected chi connectivity index (χ2v) is 8.15. The van der Waals surface area contributed by atoms with Gasteiger partial charge in [0.05, 0.1) is 16.0 Å². The molecule has 2 aromatic rings. The van der Waals surface area contributed by atoms with Gasteiger partial charge in [-0.2, -0.15) is 0 Å². The molecule has 2 fully saturated rings. The average molecular weight is 334 g/mol. The molecule has 0 spiro atoms. The maximum Gasteiger partial charge on any atom is 0.311 e. The highest BCUT2D eigenvalue weighted by molar-refractivity contribution is 7.20. The lowest BCUT2D eigenvalue weighted by atomic mass is 9.81. The van der Waals surface area contributed by atoms with Gasteiger partial charge in [-0.3, -0.25) is 9.69 Å². The van der Waals surface area contributed by atoms with Crippen LogP contribution in [0, 0.1) is 11.3 Å². The third kappa shape index (κ3) is 2.30. The van der Waals surface area contributed by atoms with Crippen molar-refractivity contribution in [3.05, 3.63) is 28.6 Å². The van der Waals surface area contributed by atoms with Crippen molar-refractivity contribution in [3.8, 4) is 9.88 Å². The number of aliphatic carboxylic acids is 1. The van der Waals surface area contributed by atoms with Crippen LogP contribution in [0.1, 0.15) is 25.0 Å². The molecule has 0 aromatic carbocycles. The van der Waals surface area contributed by atoms with Gasteiger partial charge < -0.3 is 5.11 Å². The van der Waals surface area contributed by atoms with Crippen LogP contribution in [0.4, 0.5) is 0 Å². The third-order valence-corrected chi connectivity index (χ3v) is 6.97. The van der Waals surface area contributed by atoms with Crippen LogP contribution in [0.25, 0.3) is 9.88 Å². The number of thiazole rings is 1. The van der Waals surface area contributed by atoms with Crippen LogP contribution in [-0.4, -0.2) is 34.0 Å². The Kier molecular flexibility index (Phi) is 3.55. The molecule has 1 N–H and O–H groups in total. The highest BCUT2D eigenvalue weighted by Crippen LogP contribution is 2.49. The van der Waals surface area contributed by atoms with E-state index >= 15 is 0 Å². The van der Waals surface area contributed by atoms with E-state index < -0.39 is 11.4 Å². The molecule has 4 rings (SSSR count). The molecule has 22 heavy (non-hydrogen) atoms. The highest BCUT2D eigenvalue weighted by Gasteiger charge is 2.54. The maximum absolute atomic E-state index is 11.7. The number of hydrogen-bond donors (Lipinski definition) is 1. The van der Waals surface area contributed by atoms with Crippen molar-refractivity contribution < 1.29 is 9.90 Å². The molecule has 3 heterocycles. The van der Waals surface area contributed by atoms with Gasteiger partial charge in [0.15, 0.2) is 0 Å². The Morgan fingerprint density at radius 1 is 1.50 bits per heavy atom. The zero-order chi connectivity index (χ0) is 15.2. The van der Waals surface area contributed by atoms with Crippen molar-refractivity contribution in [1.82, 2.24) is 9.88 Å². The number of carboxylic acid groups (broad SMARTS) is 1. The van der Waals surface area contributed by atoms with Crippen LogP contribution in [0.5, 0.6) is 0 Å². The van der Waals surface area contributed by atoms with E-state index in [-0.39, 0.29) is 0 Å². The molecule has 1 saturated carbocycles. The zero-order valence-electron chi connectivity index (χ0n) is 12.2. The van der Waals surface area contributed by atoms with Crippen molar-refractivity contribution in [2.75, 3.05) is 13.1 Å². The van der Waals surface area contributed by atoms with E-state index in [2.05, 4.69) is 21.7 Å². The Morgan fingerprint density at radius 2 is 2.41 bits per heavy atom. The van der Waals surface area contributed by atoms with Crippen molar-refractivity contribution in [3.63, 3.8) is 0 Å². The lowest BCUT2D eigenvalue weighted by Gasteiger charge is -2.23. The van der Waals surface area contributed by atoms with Gasteiger partial charge in [-0.1, -0.05) is 12.5 Å². The van der Waals surface area contributed by atoms with Gasteiger partial charge in [-0.25, -0.2) is 4.98 Å². The molecule has 0 radical (unpaired) electrons. The van der Waals surface area contributed by atoms with Crippen LogP contribution in [-0.2, 0) is 11.3 Å². The largest absolute Gasteiger partial charge is 0.481 e. The lowest BCUT2D eigenvalue weighted by Crippen LogP contribution is -2.35. The molecular weight excluding hydrogens is 316 g/mol. The smallest absolute Gasteiger partial charge is 0.311 e. The fraction of sp³-hybridized carbons (Fsp3) is 0.500. The molecule has 1 aliphatic heterocycles. The fourth-order valence-corrected chi connectivity index (χ4v) is 5.61. The van der Waals surface area contributed by atoms with Crippen molar-refractivity contribution in [2.45, 2.75) is 25.8 Å². The number of nitrogens with zero attached hydrogens (tertiary/aromatic N) is 2. The van der Waals surface area contributed by atoms with E-state index in [0.717, 1.165) is 43.1 Å². The first-order valence-corrected chi connectivity index (χ1v) is 9.37. The molecule has 0 unspecified atom stereocenters. The minimum atomic E-state index is -0.602. The van der Waals surface area contributed by atoms with Gasteiger partial charge in [-0.15, -0.1) is 22.7 Å². The summed E-state index contributed by atoms with van der Waals surface area (Å²) in [6.45, 7) is 2.35. The summed E-state index contributed by atoms with van der Waals surface area (Å²) in [6.07, 6.45) is 2.95. The number of fused-ring (bicyclic) bond motifs is 1. The topological polar surface area (TPSA) is 53.4 Å². The first-order chi connectivity index (χ1) is 10.7. The van der Waals surface area contributed by atoms with Gasteiger partial charge >= 0.3 is 5.97 Å². The van der Waals surface area contributed by atoms with Gasteiger partial charge in [0, 0.05) is 25.0 Å². The van der Waals surface area contributed by atoms with Gasteiger partial charge in [-0.05, 0) is 30.2 Å². The number of hydrogen-bond acceptors (Lipinski definition) is 5. The zero-order valence-corrected chi connectivity index (χ0v) is 13.8. The quantitative estimate of drug-likeness (QED) is 0.929. The van der Waals surface area contributed by atoms with E-state index in [1.165, 1.54) is 4.88 Å². The van der Waals surface area contributed by atoms with E-state index in [1.807, 2.05) is 6.07 Å². The lowest BCUT2D eigenvalue weighted by molar-refractivity contribution is -0.149. The Bertz CT molecular complexity index is 682. The van der Waals surface area contributed by atoms with Gasteiger partial charge in [0.2, 0.25) is 0 Å². The second kappa shape index (κ2) is 5.44. The maximum atomic E-state index is 11.7. The minimum Gasteiger partial charge on any atom is -0.481 e. The number of carbonyl (C=O) groups is 1. The van der Waals surface area contributed by atoms with Crippen LogP contribution in [0.3, 0.4) is 0 Å². The Balaban J connectivity index is 1.48. The summed E-state index contributed by atoms with van der Waals surface area (Å²) in [5.41, 5.74) is 0.570. The number of thiophene rings is 1. The summed E-state index contributed by atoms with van der Waals surface area (Å²) in [4.78, 5) is 19.9. The molecular formula is C16H18N2O2S2. The summed E-state index contributed by atoms with van der Waals surface area (Å²) in [5, 5.41) is 14.9. The van der Waals surface area contributed by atoms with Crippen LogP contribution in [0.2, 0.25) is 0 Å². The van der Waals surface area contributed by atoms with Gasteiger partial charge in [0.1, 0.15) is 5.01 Å². The van der Waals surface area contributed by atoms with E-state index in [1.54, 1.807) is 22.7 Å². The summed E-state index contributed by atoms with van der Waals surface area (Å²) < 4.78 is 0. The first kappa shape index (κ1) is 14.4. The highest BCUT2D eigenvalue weighted by atomic mass is 32.1. The number of likely N-dealkylation sites (tertiary alicyclic amines) is 1. The summed E-state index contributed by atoms with van der Waals surface area (Å²) in [5.74, 6) is -0.282. The summed E-state index contributed by atoms with van der Waals surface area (Å²) in [6, 6.07) is 4.13. The predicted molar refractivity (Wildman–Crippen MR) is 88.1 cm³/mol. The van der Waals surface area contributed by atoms with Crippen LogP contribution in [0.15, 0.2) is 22.9 Å². The molecule has 4 nitrogen and oxygen atoms in total. The Hall–Kier alpha value is -1.24. The van der Waals surface area contributed by atoms with E-state index in [0.29, 0.717) is 12.5 Å². The number of rotatable bonds is 4. The van der Waals surface area contributed by atoms with Crippen molar-refractivity contribution in [2.24, 2.45) is 11.3 Å². The molecule has 1 aliphatic carbocycles. The van der Waals surface area contributed by atoms with Gasteiger partial charge in [0.25, 0.3) is 0 Å².